The Hall–Kier alpha value is -2.98. The standard InChI is InChI=1S/C20H14N2OS/c23-18-7-3-1-5-15(18)13-21-16-11-9-14(10-12-16)20-22-17-6-2-4-8-19(17)24-20/h1-13,23H. The van der Waals surface area contributed by atoms with Gasteiger partial charge in [-0.05, 0) is 48.5 Å². The molecule has 0 saturated carbocycles. The lowest BCUT2D eigenvalue weighted by molar-refractivity contribution is 0.474. The number of para-hydroxylation sites is 2. The summed E-state index contributed by atoms with van der Waals surface area (Å²) in [6, 6.07) is 23.2. The van der Waals surface area contributed by atoms with Crippen LogP contribution in [0.3, 0.4) is 0 Å². The van der Waals surface area contributed by atoms with E-state index in [1.165, 1.54) is 4.70 Å². The van der Waals surface area contributed by atoms with Gasteiger partial charge in [-0.1, -0.05) is 24.3 Å². The second-order valence-electron chi connectivity index (χ2n) is 5.35. The number of rotatable bonds is 3. The first kappa shape index (κ1) is 14.6. The second-order valence-corrected chi connectivity index (χ2v) is 6.38. The SMILES string of the molecule is Oc1ccccc1C=Nc1ccc(-c2nc3ccccc3s2)cc1. The van der Waals surface area contributed by atoms with Crippen molar-refractivity contribution < 1.29 is 5.11 Å². The van der Waals surface area contributed by atoms with E-state index in [9.17, 15) is 5.11 Å². The van der Waals surface area contributed by atoms with E-state index in [2.05, 4.69) is 16.0 Å². The first-order chi connectivity index (χ1) is 11.8. The summed E-state index contributed by atoms with van der Waals surface area (Å²) in [5.74, 6) is 0.229. The topological polar surface area (TPSA) is 45.5 Å². The molecule has 1 heterocycles. The molecule has 0 aliphatic heterocycles. The first-order valence-electron chi connectivity index (χ1n) is 7.58. The fourth-order valence-electron chi connectivity index (χ4n) is 2.43. The van der Waals surface area contributed by atoms with Crippen LogP contribution in [-0.2, 0) is 0 Å². The molecule has 4 heteroatoms. The Morgan fingerprint density at radius 2 is 1.62 bits per heavy atom. The van der Waals surface area contributed by atoms with E-state index in [1.54, 1.807) is 29.7 Å². The van der Waals surface area contributed by atoms with Crippen LogP contribution in [0.15, 0.2) is 77.8 Å². The summed E-state index contributed by atoms with van der Waals surface area (Å²) in [5, 5.41) is 10.8. The fourth-order valence-corrected chi connectivity index (χ4v) is 3.40. The number of phenols is 1. The number of thiazole rings is 1. The maximum absolute atomic E-state index is 9.75. The van der Waals surface area contributed by atoms with Crippen LogP contribution >= 0.6 is 11.3 Å². The summed E-state index contributed by atoms with van der Waals surface area (Å²) < 4.78 is 1.19. The average molecular weight is 330 g/mol. The van der Waals surface area contributed by atoms with Crippen molar-refractivity contribution in [1.82, 2.24) is 4.98 Å². The number of nitrogens with zero attached hydrogens (tertiary/aromatic N) is 2. The lowest BCUT2D eigenvalue weighted by Gasteiger charge is -1.99. The summed E-state index contributed by atoms with van der Waals surface area (Å²) in [5.41, 5.74) is 3.65. The number of aromatic nitrogens is 1. The van der Waals surface area contributed by atoms with Gasteiger partial charge in [0.05, 0.1) is 15.9 Å². The van der Waals surface area contributed by atoms with Gasteiger partial charge in [-0.25, -0.2) is 4.98 Å². The number of benzene rings is 3. The Bertz CT molecular complexity index is 986. The van der Waals surface area contributed by atoms with Gasteiger partial charge in [-0.15, -0.1) is 11.3 Å². The van der Waals surface area contributed by atoms with Crippen LogP contribution in [0.5, 0.6) is 5.75 Å². The van der Waals surface area contributed by atoms with E-state index >= 15 is 0 Å². The molecule has 0 atom stereocenters. The lowest BCUT2D eigenvalue weighted by Crippen LogP contribution is -1.81. The van der Waals surface area contributed by atoms with Gasteiger partial charge in [0.2, 0.25) is 0 Å². The summed E-state index contributed by atoms with van der Waals surface area (Å²) in [7, 11) is 0. The number of fused-ring (bicyclic) bond motifs is 1. The van der Waals surface area contributed by atoms with E-state index < -0.39 is 0 Å². The van der Waals surface area contributed by atoms with E-state index in [1.807, 2.05) is 54.6 Å². The fraction of sp³-hybridized carbons (Fsp3) is 0. The quantitative estimate of drug-likeness (QED) is 0.510. The van der Waals surface area contributed by atoms with Crippen molar-refractivity contribution in [1.29, 1.82) is 0 Å². The maximum Gasteiger partial charge on any atom is 0.124 e. The number of aliphatic imine (C=N–C) groups is 1. The predicted octanol–water partition coefficient (Wildman–Crippen LogP) is 5.42. The molecule has 0 unspecified atom stereocenters. The molecule has 0 aliphatic carbocycles. The number of aromatic hydroxyl groups is 1. The summed E-state index contributed by atoms with van der Waals surface area (Å²) in [4.78, 5) is 9.08. The summed E-state index contributed by atoms with van der Waals surface area (Å²) >= 11 is 1.69. The van der Waals surface area contributed by atoms with E-state index in [4.69, 9.17) is 0 Å². The Morgan fingerprint density at radius 3 is 2.42 bits per heavy atom. The molecule has 0 amide bonds. The van der Waals surface area contributed by atoms with E-state index in [-0.39, 0.29) is 5.75 Å². The van der Waals surface area contributed by atoms with Crippen molar-refractivity contribution in [2.45, 2.75) is 0 Å². The summed E-state index contributed by atoms with van der Waals surface area (Å²) in [6.45, 7) is 0. The van der Waals surface area contributed by atoms with Gasteiger partial charge in [0.15, 0.2) is 0 Å². The third kappa shape index (κ3) is 2.92. The van der Waals surface area contributed by atoms with Crippen LogP contribution in [0.2, 0.25) is 0 Å². The Kier molecular flexibility index (Phi) is 3.81. The van der Waals surface area contributed by atoms with E-state index in [0.717, 1.165) is 21.8 Å². The van der Waals surface area contributed by atoms with Gasteiger partial charge >= 0.3 is 0 Å². The molecule has 1 aromatic heterocycles. The second kappa shape index (κ2) is 6.26. The molecule has 0 fully saturated rings. The van der Waals surface area contributed by atoms with Crippen LogP contribution in [0.1, 0.15) is 5.56 Å². The molecule has 4 aromatic rings. The molecule has 0 spiro atoms. The smallest absolute Gasteiger partial charge is 0.124 e. The lowest BCUT2D eigenvalue weighted by atomic mass is 10.2. The molecule has 116 valence electrons. The molecule has 3 aromatic carbocycles. The largest absolute Gasteiger partial charge is 0.507 e. The van der Waals surface area contributed by atoms with Crippen molar-refractivity contribution in [3.8, 4) is 16.3 Å². The van der Waals surface area contributed by atoms with Crippen LogP contribution in [0.25, 0.3) is 20.8 Å². The monoisotopic (exact) mass is 330 g/mol. The third-order valence-electron chi connectivity index (χ3n) is 3.70. The maximum atomic E-state index is 9.75. The Labute approximate surface area is 143 Å². The minimum atomic E-state index is 0.229. The summed E-state index contributed by atoms with van der Waals surface area (Å²) in [6.07, 6.45) is 1.67. The predicted molar refractivity (Wildman–Crippen MR) is 100 cm³/mol. The van der Waals surface area contributed by atoms with Crippen molar-refractivity contribution in [3.63, 3.8) is 0 Å². The molecule has 0 radical (unpaired) electrons. The molecule has 0 aliphatic rings. The van der Waals surface area contributed by atoms with Crippen LogP contribution in [0.4, 0.5) is 5.69 Å². The Morgan fingerprint density at radius 1 is 0.875 bits per heavy atom. The zero-order chi connectivity index (χ0) is 16.4. The molecule has 3 nitrogen and oxygen atoms in total. The zero-order valence-electron chi connectivity index (χ0n) is 12.8. The van der Waals surface area contributed by atoms with Gasteiger partial charge in [0, 0.05) is 17.3 Å². The number of hydrogen-bond acceptors (Lipinski definition) is 4. The van der Waals surface area contributed by atoms with Gasteiger partial charge in [0.1, 0.15) is 10.8 Å². The van der Waals surface area contributed by atoms with Crippen molar-refractivity contribution in [3.05, 3.63) is 78.4 Å². The molecular weight excluding hydrogens is 316 g/mol. The van der Waals surface area contributed by atoms with Crippen LogP contribution in [0, 0.1) is 0 Å². The number of phenolic OH excluding ortho intramolecular Hbond substituents is 1. The van der Waals surface area contributed by atoms with Crippen LogP contribution < -0.4 is 0 Å². The van der Waals surface area contributed by atoms with Crippen molar-refractivity contribution in [2.24, 2.45) is 4.99 Å². The highest BCUT2D eigenvalue weighted by atomic mass is 32.1. The Balaban J connectivity index is 1.59. The van der Waals surface area contributed by atoms with Crippen LogP contribution in [-0.4, -0.2) is 16.3 Å². The van der Waals surface area contributed by atoms with Crippen molar-refractivity contribution >= 4 is 33.5 Å². The first-order valence-corrected chi connectivity index (χ1v) is 8.39. The highest BCUT2D eigenvalue weighted by Gasteiger charge is 2.05. The molecule has 24 heavy (non-hydrogen) atoms. The van der Waals surface area contributed by atoms with Gasteiger partial charge in [-0.2, -0.15) is 0 Å². The highest BCUT2D eigenvalue weighted by Crippen LogP contribution is 2.30. The molecular formula is C20H14N2OS. The van der Waals surface area contributed by atoms with Gasteiger partial charge in [-0.3, -0.25) is 4.99 Å². The minimum Gasteiger partial charge on any atom is -0.507 e. The average Bonchev–Trinajstić information content (AvgIpc) is 3.06. The highest BCUT2D eigenvalue weighted by molar-refractivity contribution is 7.21. The van der Waals surface area contributed by atoms with Crippen molar-refractivity contribution in [2.75, 3.05) is 0 Å². The number of hydrogen-bond donors (Lipinski definition) is 1. The van der Waals surface area contributed by atoms with Gasteiger partial charge in [0.25, 0.3) is 0 Å². The third-order valence-corrected chi connectivity index (χ3v) is 4.78. The van der Waals surface area contributed by atoms with E-state index in [0.29, 0.717) is 5.56 Å². The molecule has 4 rings (SSSR count). The molecule has 1 N–H and O–H groups in total. The molecule has 0 saturated heterocycles. The zero-order valence-corrected chi connectivity index (χ0v) is 13.6. The van der Waals surface area contributed by atoms with Gasteiger partial charge < -0.3 is 5.11 Å². The normalized spacial score (nSPS) is 11.3. The molecule has 0 bridgehead atoms. The minimum absolute atomic E-state index is 0.229.